The van der Waals surface area contributed by atoms with Crippen molar-refractivity contribution in [3.05, 3.63) is 29.6 Å². The molecule has 0 aliphatic heterocycles. The van der Waals surface area contributed by atoms with Gasteiger partial charge in [-0.3, -0.25) is 0 Å². The number of aliphatic hydroxyl groups excluding tert-OH is 1. The first-order valence-corrected chi connectivity index (χ1v) is 7.73. The van der Waals surface area contributed by atoms with Crippen LogP contribution in [0.1, 0.15) is 31.7 Å². The van der Waals surface area contributed by atoms with Gasteiger partial charge in [-0.25, -0.2) is 17.1 Å². The zero-order valence-electron chi connectivity index (χ0n) is 11.3. The van der Waals surface area contributed by atoms with E-state index in [9.17, 15) is 12.8 Å². The van der Waals surface area contributed by atoms with Crippen LogP contribution in [-0.4, -0.2) is 31.4 Å². The van der Waals surface area contributed by atoms with Gasteiger partial charge in [0.05, 0.1) is 11.5 Å². The Morgan fingerprint density at radius 3 is 2.58 bits per heavy atom. The number of hydrogen-bond acceptors (Lipinski definition) is 3. The lowest BCUT2D eigenvalue weighted by Gasteiger charge is -2.18. The molecule has 0 atom stereocenters. The smallest absolute Gasteiger partial charge is 0.243 e. The Morgan fingerprint density at radius 2 is 2.00 bits per heavy atom. The molecule has 0 heterocycles. The normalized spacial score (nSPS) is 12.1. The van der Waals surface area contributed by atoms with Crippen molar-refractivity contribution >= 4 is 10.0 Å². The van der Waals surface area contributed by atoms with Crippen LogP contribution in [0.15, 0.2) is 23.1 Å². The summed E-state index contributed by atoms with van der Waals surface area (Å²) in [4.78, 5) is -0.158. The first-order valence-electron chi connectivity index (χ1n) is 6.29. The zero-order valence-corrected chi connectivity index (χ0v) is 12.1. The summed E-state index contributed by atoms with van der Waals surface area (Å²) in [6.45, 7) is 1.99. The third kappa shape index (κ3) is 3.99. The number of hydrogen-bond donors (Lipinski definition) is 1. The highest BCUT2D eigenvalue weighted by Crippen LogP contribution is 2.21. The Hall–Kier alpha value is -0.980. The monoisotopic (exact) mass is 289 g/mol. The van der Waals surface area contributed by atoms with Gasteiger partial charge in [0.1, 0.15) is 5.82 Å². The number of benzene rings is 1. The summed E-state index contributed by atoms with van der Waals surface area (Å²) in [5.41, 5.74) is 0.212. The Kier molecular flexibility index (Phi) is 5.90. The van der Waals surface area contributed by atoms with Gasteiger partial charge in [0.25, 0.3) is 0 Å². The van der Waals surface area contributed by atoms with E-state index in [2.05, 4.69) is 0 Å². The summed E-state index contributed by atoms with van der Waals surface area (Å²) < 4.78 is 39.0. The van der Waals surface area contributed by atoms with E-state index in [1.807, 2.05) is 6.92 Å². The molecule has 19 heavy (non-hydrogen) atoms. The van der Waals surface area contributed by atoms with Gasteiger partial charge < -0.3 is 5.11 Å². The Labute approximate surface area is 113 Å². The molecule has 0 spiro atoms. The molecule has 1 aromatic carbocycles. The van der Waals surface area contributed by atoms with E-state index in [-0.39, 0.29) is 10.5 Å². The van der Waals surface area contributed by atoms with Crippen LogP contribution in [-0.2, 0) is 16.6 Å². The zero-order chi connectivity index (χ0) is 14.5. The minimum Gasteiger partial charge on any atom is -0.392 e. The molecule has 1 rings (SSSR count). The SMILES string of the molecule is CCCCCN(C)S(=O)(=O)c1cc(F)ccc1CO. The lowest BCUT2D eigenvalue weighted by Crippen LogP contribution is -2.29. The lowest BCUT2D eigenvalue weighted by molar-refractivity contribution is 0.278. The fourth-order valence-corrected chi connectivity index (χ4v) is 3.20. The van der Waals surface area contributed by atoms with Gasteiger partial charge in [0.15, 0.2) is 0 Å². The number of unbranched alkanes of at least 4 members (excludes halogenated alkanes) is 2. The fraction of sp³-hybridized carbons (Fsp3) is 0.538. The average Bonchev–Trinajstić information content (AvgIpc) is 2.38. The van der Waals surface area contributed by atoms with Gasteiger partial charge in [-0.2, -0.15) is 0 Å². The average molecular weight is 289 g/mol. The second-order valence-corrected chi connectivity index (χ2v) is 6.46. The van der Waals surface area contributed by atoms with Crippen LogP contribution in [0.3, 0.4) is 0 Å². The van der Waals surface area contributed by atoms with Gasteiger partial charge in [-0.15, -0.1) is 0 Å². The summed E-state index contributed by atoms with van der Waals surface area (Å²) in [5.74, 6) is -0.627. The van der Waals surface area contributed by atoms with Crippen LogP contribution in [0, 0.1) is 5.82 Å². The first-order chi connectivity index (χ1) is 8.93. The molecular weight excluding hydrogens is 269 g/mol. The molecule has 0 radical (unpaired) electrons. The molecule has 4 nitrogen and oxygen atoms in total. The largest absolute Gasteiger partial charge is 0.392 e. The van der Waals surface area contributed by atoms with Crippen LogP contribution in [0.5, 0.6) is 0 Å². The third-order valence-electron chi connectivity index (χ3n) is 2.96. The molecule has 0 amide bonds. The molecule has 1 aromatic rings. The molecule has 1 N–H and O–H groups in total. The van der Waals surface area contributed by atoms with Crippen LogP contribution in [0.2, 0.25) is 0 Å². The van der Waals surface area contributed by atoms with Crippen molar-refractivity contribution in [1.82, 2.24) is 4.31 Å². The highest BCUT2D eigenvalue weighted by atomic mass is 32.2. The Bertz CT molecular complexity index is 517. The van der Waals surface area contributed by atoms with E-state index in [1.54, 1.807) is 0 Å². The van der Waals surface area contributed by atoms with E-state index in [4.69, 9.17) is 5.11 Å². The highest BCUT2D eigenvalue weighted by Gasteiger charge is 2.23. The molecule has 0 aliphatic rings. The summed E-state index contributed by atoms with van der Waals surface area (Å²) in [5, 5.41) is 9.16. The van der Waals surface area contributed by atoms with Crippen LogP contribution in [0.25, 0.3) is 0 Å². The number of nitrogens with zero attached hydrogens (tertiary/aromatic N) is 1. The summed E-state index contributed by atoms with van der Waals surface area (Å²) >= 11 is 0. The number of halogens is 1. The second kappa shape index (κ2) is 6.98. The fourth-order valence-electron chi connectivity index (χ4n) is 1.77. The maximum Gasteiger partial charge on any atom is 0.243 e. The van der Waals surface area contributed by atoms with Gasteiger partial charge in [0, 0.05) is 13.6 Å². The van der Waals surface area contributed by atoms with Gasteiger partial charge in [-0.05, 0) is 24.1 Å². The van der Waals surface area contributed by atoms with Crippen LogP contribution < -0.4 is 0 Å². The Morgan fingerprint density at radius 1 is 1.32 bits per heavy atom. The van der Waals surface area contributed by atoms with E-state index >= 15 is 0 Å². The molecule has 0 saturated carbocycles. The predicted molar refractivity (Wildman–Crippen MR) is 71.7 cm³/mol. The topological polar surface area (TPSA) is 57.6 Å². The van der Waals surface area contributed by atoms with Gasteiger partial charge in [-0.1, -0.05) is 25.8 Å². The maximum absolute atomic E-state index is 13.2. The lowest BCUT2D eigenvalue weighted by atomic mass is 10.2. The summed E-state index contributed by atoms with van der Waals surface area (Å²) in [6, 6.07) is 3.39. The molecule has 6 heteroatoms. The third-order valence-corrected chi connectivity index (χ3v) is 4.90. The maximum atomic E-state index is 13.2. The molecule has 0 aromatic heterocycles. The minimum atomic E-state index is -3.75. The Balaban J connectivity index is 3.02. The minimum absolute atomic E-state index is 0.158. The highest BCUT2D eigenvalue weighted by molar-refractivity contribution is 7.89. The van der Waals surface area contributed by atoms with Crippen molar-refractivity contribution in [1.29, 1.82) is 0 Å². The molecular formula is C13H20FNO3S. The molecule has 0 aliphatic carbocycles. The number of sulfonamides is 1. The molecule has 0 fully saturated rings. The molecule has 108 valence electrons. The molecule has 0 unspecified atom stereocenters. The number of aliphatic hydroxyl groups is 1. The summed E-state index contributed by atoms with van der Waals surface area (Å²) in [7, 11) is -2.28. The van der Waals surface area contributed by atoms with Crippen molar-refractivity contribution in [2.24, 2.45) is 0 Å². The van der Waals surface area contributed by atoms with E-state index in [1.165, 1.54) is 17.4 Å². The van der Waals surface area contributed by atoms with Crippen molar-refractivity contribution in [3.63, 3.8) is 0 Å². The number of rotatable bonds is 7. The quantitative estimate of drug-likeness (QED) is 0.782. The van der Waals surface area contributed by atoms with Crippen molar-refractivity contribution < 1.29 is 17.9 Å². The van der Waals surface area contributed by atoms with Crippen molar-refractivity contribution in [2.45, 2.75) is 37.7 Å². The van der Waals surface area contributed by atoms with E-state index in [0.29, 0.717) is 6.54 Å². The van der Waals surface area contributed by atoms with Crippen LogP contribution >= 0.6 is 0 Å². The van der Waals surface area contributed by atoms with Crippen molar-refractivity contribution in [3.8, 4) is 0 Å². The molecule has 0 bridgehead atoms. The van der Waals surface area contributed by atoms with E-state index < -0.39 is 22.4 Å². The van der Waals surface area contributed by atoms with E-state index in [0.717, 1.165) is 31.4 Å². The van der Waals surface area contributed by atoms with Crippen LogP contribution in [0.4, 0.5) is 4.39 Å². The predicted octanol–water partition coefficient (Wildman–Crippen LogP) is 2.13. The summed E-state index contributed by atoms with van der Waals surface area (Å²) in [6.07, 6.45) is 2.70. The molecule has 0 saturated heterocycles. The van der Waals surface area contributed by atoms with Crippen molar-refractivity contribution in [2.75, 3.05) is 13.6 Å². The van der Waals surface area contributed by atoms with Gasteiger partial charge in [0.2, 0.25) is 10.0 Å². The second-order valence-electron chi connectivity index (χ2n) is 4.44. The first kappa shape index (κ1) is 16.1. The van der Waals surface area contributed by atoms with Gasteiger partial charge >= 0.3 is 0 Å². The standard InChI is InChI=1S/C13H20FNO3S/c1-3-4-5-8-15(2)19(17,18)13-9-12(14)7-6-11(13)10-16/h6-7,9,16H,3-5,8,10H2,1-2H3.